The molecule has 5 heterocycles. The molecule has 46 heavy (non-hydrogen) atoms. The largest absolute Gasteiger partial charge is 0.508 e. The van der Waals surface area contributed by atoms with Crippen LogP contribution in [0.1, 0.15) is 25.3 Å². The first-order valence-corrected chi connectivity index (χ1v) is 15.7. The molecule has 4 aliphatic rings. The molecule has 0 radical (unpaired) electrons. The smallest absolute Gasteiger partial charge is 0.319 e. The minimum Gasteiger partial charge on any atom is -0.508 e. The van der Waals surface area contributed by atoms with Gasteiger partial charge in [0.15, 0.2) is 5.82 Å². The van der Waals surface area contributed by atoms with E-state index in [4.69, 9.17) is 25.6 Å². The third-order valence-corrected chi connectivity index (χ3v) is 9.75. The van der Waals surface area contributed by atoms with Gasteiger partial charge in [0, 0.05) is 55.1 Å². The van der Waals surface area contributed by atoms with Crippen LogP contribution < -0.4 is 19.7 Å². The molecule has 3 aliphatic heterocycles. The average molecular weight is 629 g/mol. The molecule has 3 fully saturated rings. The highest BCUT2D eigenvalue weighted by Crippen LogP contribution is 2.47. The summed E-state index contributed by atoms with van der Waals surface area (Å²) in [6.07, 6.45) is 7.78. The van der Waals surface area contributed by atoms with Gasteiger partial charge in [0.25, 0.3) is 0 Å². The molecular formula is C34H34F2N6O4. The van der Waals surface area contributed by atoms with E-state index >= 15 is 4.39 Å². The Morgan fingerprint density at radius 3 is 2.74 bits per heavy atom. The number of hydrogen-bond acceptors (Lipinski definition) is 10. The van der Waals surface area contributed by atoms with Crippen molar-refractivity contribution in [1.82, 2.24) is 25.2 Å². The Morgan fingerprint density at radius 2 is 1.96 bits per heavy atom. The van der Waals surface area contributed by atoms with Gasteiger partial charge in [-0.2, -0.15) is 9.97 Å². The highest BCUT2D eigenvalue weighted by Gasteiger charge is 2.45. The summed E-state index contributed by atoms with van der Waals surface area (Å²) in [5.41, 5.74) is -0.135. The second-order valence-corrected chi connectivity index (χ2v) is 12.8. The van der Waals surface area contributed by atoms with Crippen LogP contribution in [0.15, 0.2) is 24.3 Å². The molecule has 12 heteroatoms. The van der Waals surface area contributed by atoms with E-state index in [-0.39, 0.29) is 69.5 Å². The molecule has 0 bridgehead atoms. The van der Waals surface area contributed by atoms with E-state index in [1.807, 2.05) is 0 Å². The van der Waals surface area contributed by atoms with Crippen LogP contribution in [-0.2, 0) is 4.74 Å². The van der Waals surface area contributed by atoms with Gasteiger partial charge in [0.05, 0.1) is 31.4 Å². The van der Waals surface area contributed by atoms with E-state index in [0.717, 1.165) is 45.7 Å². The summed E-state index contributed by atoms with van der Waals surface area (Å²) < 4.78 is 50.0. The number of aromatic hydroxyl groups is 1. The van der Waals surface area contributed by atoms with Crippen LogP contribution in [0.5, 0.6) is 17.6 Å². The molecule has 1 aliphatic carbocycles. The summed E-state index contributed by atoms with van der Waals surface area (Å²) in [7, 11) is 0. The third kappa shape index (κ3) is 4.94. The van der Waals surface area contributed by atoms with Gasteiger partial charge in [0.2, 0.25) is 5.88 Å². The number of benzene rings is 2. The van der Waals surface area contributed by atoms with Crippen molar-refractivity contribution in [3.63, 3.8) is 0 Å². The van der Waals surface area contributed by atoms with Crippen molar-refractivity contribution in [1.29, 1.82) is 0 Å². The van der Waals surface area contributed by atoms with Gasteiger partial charge in [-0.25, -0.2) is 13.8 Å². The lowest BCUT2D eigenvalue weighted by atomic mass is 9.95. The molecule has 1 unspecified atom stereocenters. The van der Waals surface area contributed by atoms with Crippen molar-refractivity contribution in [2.45, 2.75) is 31.8 Å². The van der Waals surface area contributed by atoms with Crippen molar-refractivity contribution < 1.29 is 28.1 Å². The van der Waals surface area contributed by atoms with Crippen molar-refractivity contribution in [2.75, 3.05) is 64.1 Å². The Bertz CT molecular complexity index is 1910. The zero-order valence-electron chi connectivity index (χ0n) is 25.5. The van der Waals surface area contributed by atoms with Crippen LogP contribution in [0, 0.1) is 29.4 Å². The summed E-state index contributed by atoms with van der Waals surface area (Å²) in [6, 6.07) is 5.51. The zero-order chi connectivity index (χ0) is 31.6. The van der Waals surface area contributed by atoms with Gasteiger partial charge in [-0.15, -0.1) is 6.42 Å². The van der Waals surface area contributed by atoms with E-state index < -0.39 is 11.6 Å². The van der Waals surface area contributed by atoms with Gasteiger partial charge in [-0.05, 0) is 43.4 Å². The molecule has 1 saturated carbocycles. The summed E-state index contributed by atoms with van der Waals surface area (Å²) in [5.74, 6) is 1.48. The molecule has 8 rings (SSSR count). The maximum Gasteiger partial charge on any atom is 0.319 e. The van der Waals surface area contributed by atoms with Crippen molar-refractivity contribution >= 4 is 27.5 Å². The van der Waals surface area contributed by atoms with E-state index in [2.05, 4.69) is 37.9 Å². The zero-order valence-corrected chi connectivity index (χ0v) is 25.5. The van der Waals surface area contributed by atoms with Crippen molar-refractivity contribution in [3.8, 4) is 41.2 Å². The fraction of sp³-hybridized carbons (Fsp3) is 0.441. The van der Waals surface area contributed by atoms with E-state index in [0.29, 0.717) is 36.3 Å². The van der Waals surface area contributed by atoms with Crippen molar-refractivity contribution in [2.24, 2.45) is 5.41 Å². The molecule has 4 aromatic rings. The van der Waals surface area contributed by atoms with Crippen LogP contribution in [0.25, 0.3) is 32.9 Å². The summed E-state index contributed by atoms with van der Waals surface area (Å²) in [6.45, 7) is 8.19. The van der Waals surface area contributed by atoms with E-state index in [1.165, 1.54) is 24.3 Å². The maximum atomic E-state index is 16.9. The SMILES string of the molecule is C#Cc1c(F)ccc2cc(O)cc(-c3nc4c5c(nc(OCC6(CN7CCOCC7)CC6)nc5c3F)N3CCNC(C)[C@H]3CO4)c12. The fourth-order valence-corrected chi connectivity index (χ4v) is 7.03. The summed E-state index contributed by atoms with van der Waals surface area (Å²) >= 11 is 0. The van der Waals surface area contributed by atoms with Crippen LogP contribution in [0.4, 0.5) is 14.6 Å². The molecule has 238 valence electrons. The number of nitrogens with zero attached hydrogens (tertiary/aromatic N) is 5. The lowest BCUT2D eigenvalue weighted by molar-refractivity contribution is 0.0231. The van der Waals surface area contributed by atoms with E-state index in [9.17, 15) is 9.50 Å². The van der Waals surface area contributed by atoms with Crippen LogP contribution in [0.3, 0.4) is 0 Å². The van der Waals surface area contributed by atoms with Gasteiger partial charge >= 0.3 is 6.01 Å². The number of piperazine rings is 1. The number of pyridine rings is 1. The van der Waals surface area contributed by atoms with Crippen LogP contribution >= 0.6 is 0 Å². The number of halogens is 2. The van der Waals surface area contributed by atoms with Crippen LogP contribution in [-0.4, -0.2) is 96.2 Å². The predicted molar refractivity (Wildman–Crippen MR) is 168 cm³/mol. The number of anilines is 1. The molecule has 2 aromatic heterocycles. The number of rotatable bonds is 6. The Hall–Kier alpha value is -4.31. The Morgan fingerprint density at radius 1 is 1.13 bits per heavy atom. The molecule has 10 nitrogen and oxygen atoms in total. The molecule has 2 atom stereocenters. The van der Waals surface area contributed by atoms with Crippen molar-refractivity contribution in [3.05, 3.63) is 41.5 Å². The third-order valence-electron chi connectivity index (χ3n) is 9.75. The fourth-order valence-electron chi connectivity index (χ4n) is 7.03. The minimum absolute atomic E-state index is 0.0116. The van der Waals surface area contributed by atoms with Crippen LogP contribution in [0.2, 0.25) is 0 Å². The first kappa shape index (κ1) is 29.1. The number of hydrogen-bond donors (Lipinski definition) is 2. The number of ether oxygens (including phenoxy) is 3. The monoisotopic (exact) mass is 628 g/mol. The van der Waals surface area contributed by atoms with Gasteiger partial charge in [-0.3, -0.25) is 4.90 Å². The predicted octanol–water partition coefficient (Wildman–Crippen LogP) is 3.86. The Balaban J connectivity index is 1.28. The Labute approximate surface area is 264 Å². The first-order chi connectivity index (χ1) is 22.3. The number of phenols is 1. The number of nitrogens with one attached hydrogen (secondary N) is 1. The highest BCUT2D eigenvalue weighted by molar-refractivity contribution is 6.04. The molecule has 2 aromatic carbocycles. The first-order valence-electron chi connectivity index (χ1n) is 15.7. The second kappa shape index (κ2) is 11.2. The van der Waals surface area contributed by atoms with Gasteiger partial charge < -0.3 is 29.5 Å². The number of aromatic nitrogens is 3. The molecule has 0 spiro atoms. The topological polar surface area (TPSA) is 105 Å². The maximum absolute atomic E-state index is 16.9. The minimum atomic E-state index is -0.772. The Kier molecular flexibility index (Phi) is 7.08. The summed E-state index contributed by atoms with van der Waals surface area (Å²) in [4.78, 5) is 18.6. The number of phenolic OH excluding ortho intramolecular Hbond substituents is 1. The molecule has 0 amide bonds. The average Bonchev–Trinajstić information content (AvgIpc) is 3.85. The van der Waals surface area contributed by atoms with Gasteiger partial charge in [-0.1, -0.05) is 12.0 Å². The lowest BCUT2D eigenvalue weighted by Crippen LogP contribution is -2.59. The lowest BCUT2D eigenvalue weighted by Gasteiger charge is -2.39. The molecular weight excluding hydrogens is 594 g/mol. The normalized spacial score (nSPS) is 22.2. The second-order valence-electron chi connectivity index (χ2n) is 12.8. The number of fused-ring (bicyclic) bond motifs is 3. The molecule has 2 N–H and O–H groups in total. The quantitative estimate of drug-likeness (QED) is 0.306. The highest BCUT2D eigenvalue weighted by atomic mass is 19.1. The van der Waals surface area contributed by atoms with Gasteiger partial charge in [0.1, 0.15) is 40.6 Å². The number of terminal acetylenes is 1. The van der Waals surface area contributed by atoms with E-state index in [1.54, 1.807) is 0 Å². The summed E-state index contributed by atoms with van der Waals surface area (Å²) in [5, 5.41) is 15.1. The standard InChI is InChI=1S/C34H34F2N6O4/c1-3-22-24(35)5-4-20-14-21(43)15-23(26(20)22)29-28(36)30-27-31(42-9-8-37-19(2)25(42)16-45-32(27)38-29)40-33(39-30)46-18-34(6-7-34)17-41-10-12-44-13-11-41/h1,4-5,14-15,19,25,37,43H,6-13,16-18H2,2H3/t19?,25-/m1/s1. The molecule has 2 saturated heterocycles. The number of morpholine rings is 1.